The summed E-state index contributed by atoms with van der Waals surface area (Å²) < 4.78 is 26.0. The quantitative estimate of drug-likeness (QED) is 0.892. The van der Waals surface area contributed by atoms with E-state index in [4.69, 9.17) is 0 Å². The number of benzene rings is 1. The van der Waals surface area contributed by atoms with Gasteiger partial charge in [0, 0.05) is 12.0 Å². The molecular weight excluding hydrogens is 252 g/mol. The number of hydrogen-bond acceptors (Lipinski definition) is 4. The molecule has 0 spiro atoms. The van der Waals surface area contributed by atoms with E-state index in [2.05, 4.69) is 20.7 Å². The first-order valence-electron chi connectivity index (χ1n) is 6.20. The van der Waals surface area contributed by atoms with Crippen molar-refractivity contribution in [2.75, 3.05) is 13.1 Å². The Hall–Kier alpha value is -1.89. The summed E-state index contributed by atoms with van der Waals surface area (Å²) in [7, 11) is 0. The topological polar surface area (TPSA) is 55.6 Å². The van der Waals surface area contributed by atoms with Crippen molar-refractivity contribution in [3.05, 3.63) is 35.7 Å². The highest BCUT2D eigenvalue weighted by Crippen LogP contribution is 2.21. The molecule has 0 aliphatic carbocycles. The number of piperidine rings is 1. The highest BCUT2D eigenvalue weighted by Gasteiger charge is 2.20. The second-order valence-corrected chi connectivity index (χ2v) is 4.56. The zero-order valence-electron chi connectivity index (χ0n) is 10.2. The monoisotopic (exact) mass is 265 g/mol. The summed E-state index contributed by atoms with van der Waals surface area (Å²) in [5.41, 5.74) is 0.367. The normalized spacial score (nSPS) is 16.7. The van der Waals surface area contributed by atoms with Crippen molar-refractivity contribution < 1.29 is 8.78 Å². The molecule has 1 saturated heterocycles. The van der Waals surface area contributed by atoms with Gasteiger partial charge in [0.1, 0.15) is 0 Å². The Labute approximate surface area is 108 Å². The highest BCUT2D eigenvalue weighted by molar-refractivity contribution is 5.30. The number of aromatic nitrogens is 4. The molecule has 7 heteroatoms. The highest BCUT2D eigenvalue weighted by atomic mass is 19.2. The molecule has 2 heterocycles. The lowest BCUT2D eigenvalue weighted by molar-refractivity contribution is 0.444. The van der Waals surface area contributed by atoms with E-state index in [0.29, 0.717) is 11.5 Å². The van der Waals surface area contributed by atoms with E-state index in [1.165, 1.54) is 10.9 Å². The fourth-order valence-corrected chi connectivity index (χ4v) is 2.19. The van der Waals surface area contributed by atoms with Crippen molar-refractivity contribution in [2.24, 2.45) is 0 Å². The van der Waals surface area contributed by atoms with Crippen molar-refractivity contribution in [1.29, 1.82) is 0 Å². The molecular formula is C12H13F2N5. The molecule has 2 aromatic rings. The van der Waals surface area contributed by atoms with Crippen LogP contribution in [0.4, 0.5) is 8.78 Å². The van der Waals surface area contributed by atoms with Crippen LogP contribution in [-0.4, -0.2) is 33.3 Å². The molecule has 1 aliphatic rings. The van der Waals surface area contributed by atoms with Gasteiger partial charge in [0.25, 0.3) is 0 Å². The number of nitrogens with zero attached hydrogens (tertiary/aromatic N) is 4. The van der Waals surface area contributed by atoms with Gasteiger partial charge in [-0.25, -0.2) is 8.78 Å². The van der Waals surface area contributed by atoms with E-state index in [0.717, 1.165) is 38.1 Å². The van der Waals surface area contributed by atoms with Gasteiger partial charge in [0.05, 0.1) is 5.69 Å². The van der Waals surface area contributed by atoms with Crippen LogP contribution >= 0.6 is 0 Å². The molecule has 5 nitrogen and oxygen atoms in total. The molecule has 0 atom stereocenters. The molecule has 1 N–H and O–H groups in total. The molecule has 0 radical (unpaired) electrons. The molecule has 0 amide bonds. The van der Waals surface area contributed by atoms with Gasteiger partial charge < -0.3 is 5.32 Å². The lowest BCUT2D eigenvalue weighted by atomic mass is 9.98. The minimum Gasteiger partial charge on any atom is -0.317 e. The largest absolute Gasteiger partial charge is 0.317 e. The lowest BCUT2D eigenvalue weighted by Crippen LogP contribution is -2.27. The van der Waals surface area contributed by atoms with Crippen LogP contribution in [0.15, 0.2) is 18.2 Å². The Morgan fingerprint density at radius 2 is 1.95 bits per heavy atom. The zero-order chi connectivity index (χ0) is 13.2. The maximum Gasteiger partial charge on any atom is 0.178 e. The Bertz CT molecular complexity index is 577. The van der Waals surface area contributed by atoms with E-state index in [1.54, 1.807) is 0 Å². The van der Waals surface area contributed by atoms with Crippen LogP contribution in [0.1, 0.15) is 24.6 Å². The Kier molecular flexibility index (Phi) is 3.20. The van der Waals surface area contributed by atoms with Gasteiger partial charge in [-0.2, -0.15) is 0 Å². The zero-order valence-corrected chi connectivity index (χ0v) is 10.2. The van der Waals surface area contributed by atoms with Crippen LogP contribution in [0, 0.1) is 11.6 Å². The van der Waals surface area contributed by atoms with Crippen molar-refractivity contribution in [3.63, 3.8) is 0 Å². The van der Waals surface area contributed by atoms with Gasteiger partial charge >= 0.3 is 0 Å². The fourth-order valence-electron chi connectivity index (χ4n) is 2.19. The van der Waals surface area contributed by atoms with Crippen LogP contribution in [-0.2, 0) is 0 Å². The maximum atomic E-state index is 13.2. The van der Waals surface area contributed by atoms with E-state index in [1.807, 2.05) is 0 Å². The average molecular weight is 265 g/mol. The Morgan fingerprint density at radius 3 is 2.68 bits per heavy atom. The standard InChI is InChI=1S/C12H13F2N5/c13-10-2-1-9(7-11(10)14)19-17-12(16-18-19)8-3-5-15-6-4-8/h1-2,7-8,15H,3-6H2. The number of tetrazole rings is 1. The van der Waals surface area contributed by atoms with E-state index < -0.39 is 11.6 Å². The first-order valence-corrected chi connectivity index (χ1v) is 6.20. The third-order valence-corrected chi connectivity index (χ3v) is 3.27. The van der Waals surface area contributed by atoms with Crippen LogP contribution in [0.2, 0.25) is 0 Å². The van der Waals surface area contributed by atoms with Crippen molar-refractivity contribution in [1.82, 2.24) is 25.5 Å². The summed E-state index contributed by atoms with van der Waals surface area (Å²) in [4.78, 5) is 1.24. The number of halogens is 2. The predicted molar refractivity (Wildman–Crippen MR) is 63.9 cm³/mol. The number of rotatable bonds is 2. The average Bonchev–Trinajstić information content (AvgIpc) is 2.93. The SMILES string of the molecule is Fc1ccc(-n2nnc(C3CCNCC3)n2)cc1F. The minimum atomic E-state index is -0.918. The van der Waals surface area contributed by atoms with Crippen LogP contribution in [0.3, 0.4) is 0 Å². The molecule has 1 aromatic heterocycles. The third kappa shape index (κ3) is 2.46. The molecule has 1 fully saturated rings. The molecule has 100 valence electrons. The molecule has 1 aromatic carbocycles. The van der Waals surface area contributed by atoms with Gasteiger partial charge in [-0.1, -0.05) is 0 Å². The summed E-state index contributed by atoms with van der Waals surface area (Å²) in [6, 6.07) is 3.54. The molecule has 0 saturated carbocycles. The second-order valence-electron chi connectivity index (χ2n) is 4.56. The summed E-state index contributed by atoms with van der Waals surface area (Å²) >= 11 is 0. The van der Waals surface area contributed by atoms with Crippen LogP contribution in [0.5, 0.6) is 0 Å². The van der Waals surface area contributed by atoms with E-state index >= 15 is 0 Å². The van der Waals surface area contributed by atoms with Gasteiger partial charge in [-0.3, -0.25) is 0 Å². The number of nitrogens with one attached hydrogen (secondary N) is 1. The van der Waals surface area contributed by atoms with Crippen molar-refractivity contribution >= 4 is 0 Å². The molecule has 1 aliphatic heterocycles. The Morgan fingerprint density at radius 1 is 1.16 bits per heavy atom. The number of hydrogen-bond donors (Lipinski definition) is 1. The maximum absolute atomic E-state index is 13.2. The predicted octanol–water partition coefficient (Wildman–Crippen LogP) is 1.41. The van der Waals surface area contributed by atoms with Gasteiger partial charge in [-0.15, -0.1) is 15.0 Å². The summed E-state index contributed by atoms with van der Waals surface area (Å²) in [5, 5.41) is 15.4. The van der Waals surface area contributed by atoms with Gasteiger partial charge in [0.2, 0.25) is 0 Å². The molecule has 0 unspecified atom stereocenters. The van der Waals surface area contributed by atoms with Gasteiger partial charge in [-0.05, 0) is 43.3 Å². The van der Waals surface area contributed by atoms with E-state index in [-0.39, 0.29) is 5.92 Å². The fraction of sp³-hybridized carbons (Fsp3) is 0.417. The first kappa shape index (κ1) is 12.2. The van der Waals surface area contributed by atoms with Crippen LogP contribution in [0.25, 0.3) is 5.69 Å². The molecule has 0 bridgehead atoms. The van der Waals surface area contributed by atoms with Crippen molar-refractivity contribution in [3.8, 4) is 5.69 Å². The smallest absolute Gasteiger partial charge is 0.178 e. The summed E-state index contributed by atoms with van der Waals surface area (Å²) in [6.45, 7) is 1.87. The summed E-state index contributed by atoms with van der Waals surface area (Å²) in [5.74, 6) is -0.868. The third-order valence-electron chi connectivity index (χ3n) is 3.27. The molecule has 3 rings (SSSR count). The van der Waals surface area contributed by atoms with Crippen LogP contribution < -0.4 is 5.32 Å². The second kappa shape index (κ2) is 5.00. The Balaban J connectivity index is 1.85. The van der Waals surface area contributed by atoms with Crippen molar-refractivity contribution in [2.45, 2.75) is 18.8 Å². The summed E-state index contributed by atoms with van der Waals surface area (Å²) in [6.07, 6.45) is 1.92. The molecule has 19 heavy (non-hydrogen) atoms. The minimum absolute atomic E-state index is 0.278. The van der Waals surface area contributed by atoms with Gasteiger partial charge in [0.15, 0.2) is 17.5 Å². The first-order chi connectivity index (χ1) is 9.24. The lowest BCUT2D eigenvalue weighted by Gasteiger charge is -2.18. The van der Waals surface area contributed by atoms with E-state index in [9.17, 15) is 8.78 Å².